The van der Waals surface area contributed by atoms with Crippen LogP contribution in [-0.2, 0) is 9.53 Å². The number of carbonyl (C=O) groups excluding carboxylic acids is 1. The Morgan fingerprint density at radius 2 is 1.66 bits per heavy atom. The average Bonchev–Trinajstić information content (AvgIpc) is 2.94. The van der Waals surface area contributed by atoms with Crippen LogP contribution in [0.2, 0.25) is 0 Å². The predicted octanol–water partition coefficient (Wildman–Crippen LogP) is 4.30. The summed E-state index contributed by atoms with van der Waals surface area (Å²) in [5.41, 5.74) is 2.06. The minimum Gasteiger partial charge on any atom is -0.491 e. The number of nitrogens with zero attached hydrogens (tertiary/aromatic N) is 1. The molecule has 1 aliphatic heterocycles. The monoisotopic (exact) mass is 429 g/mol. The quantitative estimate of drug-likeness (QED) is 0.337. The van der Waals surface area contributed by atoms with E-state index in [1.807, 2.05) is 61.5 Å². The zero-order valence-electron chi connectivity index (χ0n) is 16.4. The summed E-state index contributed by atoms with van der Waals surface area (Å²) in [6, 6.07) is 15.5. The van der Waals surface area contributed by atoms with E-state index in [1.165, 1.54) is 22.2 Å². The number of likely N-dealkylation sites (N-methyl/N-ethyl adjacent to an activating group) is 1. The van der Waals surface area contributed by atoms with Gasteiger partial charge in [-0.2, -0.15) is 0 Å². The molecule has 1 aliphatic rings. The smallest absolute Gasteiger partial charge is 0.265 e. The van der Waals surface area contributed by atoms with E-state index in [9.17, 15) is 4.79 Å². The molecule has 3 rings (SSSR count). The van der Waals surface area contributed by atoms with Crippen molar-refractivity contribution in [2.24, 2.45) is 0 Å². The van der Waals surface area contributed by atoms with Gasteiger partial charge in [0.15, 0.2) is 0 Å². The number of hydrogen-bond donors (Lipinski definition) is 0. The average molecular weight is 430 g/mol. The Hall–Kier alpha value is -2.35. The van der Waals surface area contributed by atoms with Crippen LogP contribution in [0.5, 0.6) is 11.5 Å². The zero-order chi connectivity index (χ0) is 20.6. The molecule has 1 saturated heterocycles. The molecule has 0 unspecified atom stereocenters. The molecule has 0 saturated carbocycles. The number of ether oxygens (including phenoxy) is 3. The van der Waals surface area contributed by atoms with Crippen LogP contribution in [0.4, 0.5) is 0 Å². The van der Waals surface area contributed by atoms with Gasteiger partial charge < -0.3 is 14.2 Å². The number of amides is 1. The molecule has 1 fully saturated rings. The Kier molecular flexibility index (Phi) is 7.69. The molecular weight excluding hydrogens is 406 g/mol. The summed E-state index contributed by atoms with van der Waals surface area (Å²) in [6.07, 6.45) is 1.83. The Bertz CT molecular complexity index is 913. The third-order valence-corrected chi connectivity index (χ3v) is 5.61. The number of hydrogen-bond acceptors (Lipinski definition) is 6. The molecule has 0 radical (unpaired) electrons. The molecule has 152 valence electrons. The summed E-state index contributed by atoms with van der Waals surface area (Å²) in [7, 11) is 1.68. The SMILES string of the molecule is Cc1cccc(OCCOCCOc2cccc(/C=C3\SC(=S)N(C)C3=O)c2)c1. The van der Waals surface area contributed by atoms with Crippen molar-refractivity contribution in [2.75, 3.05) is 33.5 Å². The van der Waals surface area contributed by atoms with Crippen molar-refractivity contribution in [2.45, 2.75) is 6.92 Å². The van der Waals surface area contributed by atoms with Crippen LogP contribution in [0.15, 0.2) is 53.4 Å². The second-order valence-electron chi connectivity index (χ2n) is 6.44. The van der Waals surface area contributed by atoms with Crippen molar-refractivity contribution >= 4 is 40.3 Å². The number of carbonyl (C=O) groups is 1. The summed E-state index contributed by atoms with van der Waals surface area (Å²) >= 11 is 6.46. The number of thioether (sulfide) groups is 1. The first kappa shape index (κ1) is 21.4. The molecule has 5 nitrogen and oxygen atoms in total. The summed E-state index contributed by atoms with van der Waals surface area (Å²) in [5.74, 6) is 1.50. The lowest BCUT2D eigenvalue weighted by Crippen LogP contribution is -2.22. The van der Waals surface area contributed by atoms with Gasteiger partial charge in [-0.25, -0.2) is 0 Å². The fourth-order valence-corrected chi connectivity index (χ4v) is 3.81. The molecule has 7 heteroatoms. The van der Waals surface area contributed by atoms with Gasteiger partial charge in [-0.05, 0) is 48.4 Å². The van der Waals surface area contributed by atoms with Crippen LogP contribution < -0.4 is 9.47 Å². The van der Waals surface area contributed by atoms with E-state index < -0.39 is 0 Å². The minimum absolute atomic E-state index is 0.0763. The van der Waals surface area contributed by atoms with Crippen LogP contribution in [0, 0.1) is 6.92 Å². The van der Waals surface area contributed by atoms with Gasteiger partial charge in [0, 0.05) is 7.05 Å². The first-order valence-electron chi connectivity index (χ1n) is 9.24. The summed E-state index contributed by atoms with van der Waals surface area (Å²) in [5, 5.41) is 0. The van der Waals surface area contributed by atoms with E-state index in [4.69, 9.17) is 26.4 Å². The van der Waals surface area contributed by atoms with Crippen LogP contribution >= 0.6 is 24.0 Å². The van der Waals surface area contributed by atoms with E-state index in [1.54, 1.807) is 7.05 Å². The van der Waals surface area contributed by atoms with Gasteiger partial charge in [0.1, 0.15) is 29.0 Å². The fourth-order valence-electron chi connectivity index (χ4n) is 2.64. The van der Waals surface area contributed by atoms with E-state index in [-0.39, 0.29) is 5.91 Å². The Labute approximate surface area is 180 Å². The number of rotatable bonds is 9. The lowest BCUT2D eigenvalue weighted by molar-refractivity contribution is -0.121. The molecule has 29 heavy (non-hydrogen) atoms. The van der Waals surface area contributed by atoms with E-state index in [0.717, 1.165) is 17.1 Å². The molecule has 0 aromatic heterocycles. The highest BCUT2D eigenvalue weighted by molar-refractivity contribution is 8.26. The largest absolute Gasteiger partial charge is 0.491 e. The maximum atomic E-state index is 12.1. The molecule has 0 N–H and O–H groups in total. The molecule has 1 heterocycles. The van der Waals surface area contributed by atoms with Gasteiger partial charge >= 0.3 is 0 Å². The van der Waals surface area contributed by atoms with Gasteiger partial charge in [-0.15, -0.1) is 0 Å². The lowest BCUT2D eigenvalue weighted by atomic mass is 10.2. The highest BCUT2D eigenvalue weighted by atomic mass is 32.2. The van der Waals surface area contributed by atoms with E-state index in [0.29, 0.717) is 35.7 Å². The van der Waals surface area contributed by atoms with Crippen LogP contribution in [0.1, 0.15) is 11.1 Å². The fraction of sp³-hybridized carbons (Fsp3) is 0.273. The molecule has 1 amide bonds. The van der Waals surface area contributed by atoms with Crippen molar-refractivity contribution in [1.29, 1.82) is 0 Å². The third-order valence-electron chi connectivity index (χ3n) is 4.12. The highest BCUT2D eigenvalue weighted by Crippen LogP contribution is 2.31. The van der Waals surface area contributed by atoms with Crippen molar-refractivity contribution in [3.63, 3.8) is 0 Å². The van der Waals surface area contributed by atoms with Gasteiger partial charge in [-0.3, -0.25) is 9.69 Å². The van der Waals surface area contributed by atoms with Crippen molar-refractivity contribution in [1.82, 2.24) is 4.90 Å². The first-order chi connectivity index (χ1) is 14.0. The van der Waals surface area contributed by atoms with Gasteiger partial charge in [0.2, 0.25) is 0 Å². The molecule has 2 aromatic rings. The lowest BCUT2D eigenvalue weighted by Gasteiger charge is -2.09. The van der Waals surface area contributed by atoms with Crippen molar-refractivity contribution in [3.05, 3.63) is 64.6 Å². The topological polar surface area (TPSA) is 48.0 Å². The van der Waals surface area contributed by atoms with E-state index in [2.05, 4.69) is 0 Å². The van der Waals surface area contributed by atoms with Crippen LogP contribution in [0.3, 0.4) is 0 Å². The number of aryl methyl sites for hydroxylation is 1. The van der Waals surface area contributed by atoms with Crippen molar-refractivity contribution < 1.29 is 19.0 Å². The predicted molar refractivity (Wildman–Crippen MR) is 120 cm³/mol. The second-order valence-corrected chi connectivity index (χ2v) is 8.11. The highest BCUT2D eigenvalue weighted by Gasteiger charge is 2.28. The maximum Gasteiger partial charge on any atom is 0.265 e. The second kappa shape index (κ2) is 10.4. The summed E-state index contributed by atoms with van der Waals surface area (Å²) in [6.45, 7) is 3.93. The van der Waals surface area contributed by atoms with Gasteiger partial charge in [0.05, 0.1) is 18.1 Å². The van der Waals surface area contributed by atoms with Gasteiger partial charge in [-0.1, -0.05) is 48.2 Å². The maximum absolute atomic E-state index is 12.1. The Balaban J connectivity index is 1.39. The molecule has 0 bridgehead atoms. The van der Waals surface area contributed by atoms with E-state index >= 15 is 0 Å². The zero-order valence-corrected chi connectivity index (χ0v) is 18.1. The summed E-state index contributed by atoms with van der Waals surface area (Å²) in [4.78, 5) is 14.2. The minimum atomic E-state index is -0.0763. The molecular formula is C22H23NO4S2. The first-order valence-corrected chi connectivity index (χ1v) is 10.5. The Morgan fingerprint density at radius 1 is 1.00 bits per heavy atom. The van der Waals surface area contributed by atoms with Crippen molar-refractivity contribution in [3.8, 4) is 11.5 Å². The third kappa shape index (κ3) is 6.32. The van der Waals surface area contributed by atoms with Crippen LogP contribution in [-0.4, -0.2) is 48.6 Å². The molecule has 0 aliphatic carbocycles. The van der Waals surface area contributed by atoms with Crippen LogP contribution in [0.25, 0.3) is 6.08 Å². The molecule has 0 atom stereocenters. The molecule has 2 aromatic carbocycles. The van der Waals surface area contributed by atoms with Gasteiger partial charge in [0.25, 0.3) is 5.91 Å². The standard InChI is InChI=1S/C22H23NO4S2/c1-16-5-3-7-18(13-16)26-11-9-25-10-12-27-19-8-4-6-17(14-19)15-20-21(24)23(2)22(28)29-20/h3-8,13-15H,9-12H2,1-2H3/b20-15-. The molecule has 0 spiro atoms. The normalized spacial score (nSPS) is 15.2. The Morgan fingerprint density at radius 3 is 2.28 bits per heavy atom. The number of benzene rings is 2. The summed E-state index contributed by atoms with van der Waals surface area (Å²) < 4.78 is 17.5. The number of thiocarbonyl (C=S) groups is 1.